The number of aryl methyl sites for hydroxylation is 1. The molecule has 0 saturated carbocycles. The molecule has 0 saturated heterocycles. The maximum absolute atomic E-state index is 9.57. The summed E-state index contributed by atoms with van der Waals surface area (Å²) in [5.41, 5.74) is 2.36. The minimum Gasteiger partial charge on any atom is -0.393 e. The summed E-state index contributed by atoms with van der Waals surface area (Å²) in [6.45, 7) is 5.98. The molecule has 2 unspecified atom stereocenters. The molecule has 1 aromatic rings. The van der Waals surface area contributed by atoms with Gasteiger partial charge in [-0.25, -0.2) is 0 Å². The molecule has 0 spiro atoms. The fraction of sp³-hybridized carbons (Fsp3) is 0.538. The normalized spacial score (nSPS) is 15.0. The van der Waals surface area contributed by atoms with Gasteiger partial charge in [0.05, 0.1) is 6.10 Å². The first-order valence-electron chi connectivity index (χ1n) is 5.47. The summed E-state index contributed by atoms with van der Waals surface area (Å²) in [6.07, 6.45) is 1.68. The van der Waals surface area contributed by atoms with E-state index in [1.807, 2.05) is 26.0 Å². The van der Waals surface area contributed by atoms with Gasteiger partial charge in [0.1, 0.15) is 0 Å². The van der Waals surface area contributed by atoms with Crippen molar-refractivity contribution in [2.75, 3.05) is 0 Å². The Balaban J connectivity index is 2.75. The number of aliphatic hydroxyl groups excluding tert-OH is 1. The first kappa shape index (κ1) is 12.5. The average Bonchev–Trinajstić information content (AvgIpc) is 2.19. The highest BCUT2D eigenvalue weighted by Gasteiger charge is 2.13. The van der Waals surface area contributed by atoms with E-state index in [-0.39, 0.29) is 6.10 Å². The number of halogens is 1. The van der Waals surface area contributed by atoms with Crippen molar-refractivity contribution in [2.45, 2.75) is 39.7 Å². The molecule has 84 valence electrons. The highest BCUT2D eigenvalue weighted by atomic mass is 35.5. The summed E-state index contributed by atoms with van der Waals surface area (Å²) in [4.78, 5) is 0. The largest absolute Gasteiger partial charge is 0.393 e. The van der Waals surface area contributed by atoms with Gasteiger partial charge in [0, 0.05) is 5.02 Å². The summed E-state index contributed by atoms with van der Waals surface area (Å²) >= 11 is 5.96. The van der Waals surface area contributed by atoms with Crippen molar-refractivity contribution in [1.29, 1.82) is 0 Å². The molecule has 0 fully saturated rings. The van der Waals surface area contributed by atoms with Crippen molar-refractivity contribution in [2.24, 2.45) is 5.92 Å². The highest BCUT2D eigenvalue weighted by molar-refractivity contribution is 6.31. The van der Waals surface area contributed by atoms with Gasteiger partial charge in [-0.3, -0.25) is 0 Å². The zero-order valence-electron chi connectivity index (χ0n) is 9.63. The predicted molar refractivity (Wildman–Crippen MR) is 65.4 cm³/mol. The van der Waals surface area contributed by atoms with Gasteiger partial charge in [0.2, 0.25) is 0 Å². The van der Waals surface area contributed by atoms with Crippen LogP contribution in [0.15, 0.2) is 18.2 Å². The second-order valence-corrected chi connectivity index (χ2v) is 4.60. The summed E-state index contributed by atoms with van der Waals surface area (Å²) in [5.74, 6) is 0.338. The Morgan fingerprint density at radius 2 is 2.07 bits per heavy atom. The van der Waals surface area contributed by atoms with Gasteiger partial charge in [-0.1, -0.05) is 37.1 Å². The molecule has 0 aromatic heterocycles. The van der Waals surface area contributed by atoms with Crippen LogP contribution in [0.3, 0.4) is 0 Å². The maximum atomic E-state index is 9.57. The molecule has 0 aliphatic heterocycles. The van der Waals surface area contributed by atoms with Gasteiger partial charge in [-0.05, 0) is 43.4 Å². The fourth-order valence-corrected chi connectivity index (χ4v) is 1.91. The number of hydrogen-bond acceptors (Lipinski definition) is 1. The Morgan fingerprint density at radius 3 is 2.53 bits per heavy atom. The van der Waals surface area contributed by atoms with E-state index in [1.54, 1.807) is 0 Å². The summed E-state index contributed by atoms with van der Waals surface area (Å²) in [7, 11) is 0. The van der Waals surface area contributed by atoms with Crippen LogP contribution in [-0.4, -0.2) is 11.2 Å². The molecule has 2 atom stereocenters. The van der Waals surface area contributed by atoms with E-state index >= 15 is 0 Å². The van der Waals surface area contributed by atoms with Crippen molar-refractivity contribution in [3.8, 4) is 0 Å². The van der Waals surface area contributed by atoms with Crippen LogP contribution in [0.4, 0.5) is 0 Å². The van der Waals surface area contributed by atoms with Gasteiger partial charge < -0.3 is 5.11 Å². The molecule has 0 radical (unpaired) electrons. The van der Waals surface area contributed by atoms with Crippen LogP contribution in [0.2, 0.25) is 5.02 Å². The van der Waals surface area contributed by atoms with Crippen molar-refractivity contribution < 1.29 is 5.11 Å². The van der Waals surface area contributed by atoms with Gasteiger partial charge in [-0.15, -0.1) is 0 Å². The highest BCUT2D eigenvalue weighted by Crippen LogP contribution is 2.21. The zero-order chi connectivity index (χ0) is 11.4. The molecular formula is C13H19ClO. The molecule has 1 N–H and O–H groups in total. The van der Waals surface area contributed by atoms with Crippen LogP contribution in [0.5, 0.6) is 0 Å². The molecule has 0 bridgehead atoms. The smallest absolute Gasteiger partial charge is 0.0543 e. The third kappa shape index (κ3) is 3.51. The lowest BCUT2D eigenvalue weighted by molar-refractivity contribution is 0.123. The van der Waals surface area contributed by atoms with E-state index in [9.17, 15) is 5.11 Å². The third-order valence-electron chi connectivity index (χ3n) is 2.93. The van der Waals surface area contributed by atoms with Crippen molar-refractivity contribution in [3.63, 3.8) is 0 Å². The lowest BCUT2D eigenvalue weighted by Crippen LogP contribution is -2.18. The lowest BCUT2D eigenvalue weighted by atomic mass is 9.92. The predicted octanol–water partition coefficient (Wildman–Crippen LogP) is 3.60. The summed E-state index contributed by atoms with van der Waals surface area (Å²) in [6, 6.07) is 6.08. The van der Waals surface area contributed by atoms with E-state index in [1.165, 1.54) is 5.56 Å². The Kier molecular flexibility index (Phi) is 4.62. The van der Waals surface area contributed by atoms with E-state index < -0.39 is 0 Å². The number of hydrogen-bond donors (Lipinski definition) is 1. The Hall–Kier alpha value is -0.530. The van der Waals surface area contributed by atoms with Crippen LogP contribution in [0, 0.1) is 12.8 Å². The molecule has 0 heterocycles. The monoisotopic (exact) mass is 226 g/mol. The topological polar surface area (TPSA) is 20.2 Å². The van der Waals surface area contributed by atoms with E-state index in [0.717, 1.165) is 23.4 Å². The Bertz CT molecular complexity index is 320. The molecule has 0 aliphatic carbocycles. The van der Waals surface area contributed by atoms with Crippen LogP contribution in [0.1, 0.15) is 31.4 Å². The van der Waals surface area contributed by atoms with Crippen LogP contribution >= 0.6 is 11.6 Å². The fourth-order valence-electron chi connectivity index (χ4n) is 1.79. The van der Waals surface area contributed by atoms with Crippen LogP contribution < -0.4 is 0 Å². The number of rotatable bonds is 4. The summed E-state index contributed by atoms with van der Waals surface area (Å²) < 4.78 is 0. The average molecular weight is 227 g/mol. The molecule has 2 heteroatoms. The molecule has 15 heavy (non-hydrogen) atoms. The van der Waals surface area contributed by atoms with Crippen molar-refractivity contribution in [3.05, 3.63) is 34.3 Å². The molecule has 1 aromatic carbocycles. The van der Waals surface area contributed by atoms with Crippen LogP contribution in [0.25, 0.3) is 0 Å². The molecular weight excluding hydrogens is 208 g/mol. The minimum atomic E-state index is -0.244. The third-order valence-corrected chi connectivity index (χ3v) is 3.35. The van der Waals surface area contributed by atoms with Crippen LogP contribution in [-0.2, 0) is 6.42 Å². The standard InChI is InChI=1S/C13H19ClO/c1-4-12(10(3)15)8-11-5-6-13(14)9(2)7-11/h5-7,10,12,15H,4,8H2,1-3H3. The zero-order valence-corrected chi connectivity index (χ0v) is 10.4. The summed E-state index contributed by atoms with van der Waals surface area (Å²) in [5, 5.41) is 10.4. The van der Waals surface area contributed by atoms with Gasteiger partial charge in [0.15, 0.2) is 0 Å². The number of aliphatic hydroxyl groups is 1. The molecule has 0 aliphatic rings. The maximum Gasteiger partial charge on any atom is 0.0543 e. The van der Waals surface area contributed by atoms with E-state index in [0.29, 0.717) is 5.92 Å². The van der Waals surface area contributed by atoms with E-state index in [2.05, 4.69) is 13.0 Å². The van der Waals surface area contributed by atoms with Crippen molar-refractivity contribution >= 4 is 11.6 Å². The van der Waals surface area contributed by atoms with Gasteiger partial charge >= 0.3 is 0 Å². The van der Waals surface area contributed by atoms with Gasteiger partial charge in [0.25, 0.3) is 0 Å². The molecule has 1 nitrogen and oxygen atoms in total. The SMILES string of the molecule is CCC(Cc1ccc(Cl)c(C)c1)C(C)O. The lowest BCUT2D eigenvalue weighted by Gasteiger charge is -2.18. The Morgan fingerprint density at radius 1 is 1.40 bits per heavy atom. The molecule has 1 rings (SSSR count). The Labute approximate surface area is 97.1 Å². The number of benzene rings is 1. The van der Waals surface area contributed by atoms with Gasteiger partial charge in [-0.2, -0.15) is 0 Å². The molecule has 0 amide bonds. The van der Waals surface area contributed by atoms with E-state index in [4.69, 9.17) is 11.6 Å². The first-order chi connectivity index (χ1) is 7.04. The first-order valence-corrected chi connectivity index (χ1v) is 5.85. The second kappa shape index (κ2) is 5.53. The minimum absolute atomic E-state index is 0.244. The second-order valence-electron chi connectivity index (χ2n) is 4.20. The van der Waals surface area contributed by atoms with Crippen molar-refractivity contribution in [1.82, 2.24) is 0 Å². The quantitative estimate of drug-likeness (QED) is 0.832.